The Morgan fingerprint density at radius 2 is 1.89 bits per heavy atom. The van der Waals surface area contributed by atoms with Gasteiger partial charge < -0.3 is 20.7 Å². The van der Waals surface area contributed by atoms with Crippen molar-refractivity contribution >= 4 is 17.4 Å². The minimum absolute atomic E-state index is 0.299. The van der Waals surface area contributed by atoms with Gasteiger partial charge in [0.1, 0.15) is 0 Å². The molecule has 102 valence electrons. The first-order valence-corrected chi connectivity index (χ1v) is 6.02. The number of carboxylic acid groups (broad SMARTS) is 1. The molecule has 1 rings (SSSR count). The van der Waals surface area contributed by atoms with Crippen molar-refractivity contribution in [1.29, 1.82) is 10.8 Å². The molecule has 3 N–H and O–H groups in total. The third-order valence-electron chi connectivity index (χ3n) is 2.56. The normalized spacial score (nSPS) is 11.9. The van der Waals surface area contributed by atoms with Gasteiger partial charge in [-0.3, -0.25) is 0 Å². The zero-order valence-electron chi connectivity index (χ0n) is 11.1. The van der Waals surface area contributed by atoms with Gasteiger partial charge in [0.2, 0.25) is 0 Å². The van der Waals surface area contributed by atoms with E-state index in [9.17, 15) is 4.79 Å². The molecule has 0 bridgehead atoms. The highest BCUT2D eigenvalue weighted by atomic mass is 16.5. The largest absolute Gasteiger partial charge is 0.479 e. The number of nitrogens with one attached hydrogen (secondary N) is 2. The quantitative estimate of drug-likeness (QED) is 0.659. The summed E-state index contributed by atoms with van der Waals surface area (Å²) in [5.74, 6) is -1.03. The van der Waals surface area contributed by atoms with Crippen LogP contribution in [-0.2, 0) is 9.53 Å². The van der Waals surface area contributed by atoms with Gasteiger partial charge in [-0.2, -0.15) is 0 Å². The van der Waals surface area contributed by atoms with Gasteiger partial charge in [-0.25, -0.2) is 4.79 Å². The van der Waals surface area contributed by atoms with Gasteiger partial charge in [-0.05, 0) is 25.0 Å². The standard InChI is InChI=1S/C14H18N2O3/c1-3-19-13(14(17)18)11-6-4-10(5-7-11)12(16)8-9(2)15/h4-7,13,15-16H,3,8H2,1-2H3,(H,17,18). The lowest BCUT2D eigenvalue weighted by atomic mass is 10.0. The van der Waals surface area contributed by atoms with E-state index in [0.29, 0.717) is 35.6 Å². The smallest absolute Gasteiger partial charge is 0.337 e. The van der Waals surface area contributed by atoms with Crippen molar-refractivity contribution in [1.82, 2.24) is 0 Å². The lowest BCUT2D eigenvalue weighted by molar-refractivity contribution is -0.150. The molecule has 0 aliphatic carbocycles. The van der Waals surface area contributed by atoms with Crippen LogP contribution in [0.1, 0.15) is 37.5 Å². The first-order chi connectivity index (χ1) is 8.95. The third kappa shape index (κ3) is 4.30. The molecule has 1 atom stereocenters. The molecular formula is C14H18N2O3. The molecule has 5 heteroatoms. The highest BCUT2D eigenvalue weighted by molar-refractivity contribution is 6.09. The van der Waals surface area contributed by atoms with Crippen LogP contribution >= 0.6 is 0 Å². The van der Waals surface area contributed by atoms with Crippen LogP contribution in [0.15, 0.2) is 24.3 Å². The second-order valence-corrected chi connectivity index (χ2v) is 4.23. The van der Waals surface area contributed by atoms with Crippen molar-refractivity contribution in [3.05, 3.63) is 35.4 Å². The second-order valence-electron chi connectivity index (χ2n) is 4.23. The SMILES string of the molecule is CCOC(C(=O)O)c1ccc(C(=N)CC(C)=N)cc1. The predicted octanol–water partition coefficient (Wildman–Crippen LogP) is 2.65. The molecule has 0 aliphatic heterocycles. The molecule has 19 heavy (non-hydrogen) atoms. The molecule has 5 nitrogen and oxygen atoms in total. The summed E-state index contributed by atoms with van der Waals surface area (Å²) in [6.45, 7) is 3.72. The highest BCUT2D eigenvalue weighted by Gasteiger charge is 2.19. The fraction of sp³-hybridized carbons (Fsp3) is 0.357. The molecule has 1 aromatic carbocycles. The molecule has 0 radical (unpaired) electrons. The van der Waals surface area contributed by atoms with E-state index in [2.05, 4.69) is 0 Å². The van der Waals surface area contributed by atoms with Crippen molar-refractivity contribution in [3.8, 4) is 0 Å². The minimum atomic E-state index is -1.03. The Kier molecular flexibility index (Phi) is 5.38. The number of rotatable bonds is 7. The summed E-state index contributed by atoms with van der Waals surface area (Å²) in [6.07, 6.45) is -0.676. The summed E-state index contributed by atoms with van der Waals surface area (Å²) < 4.78 is 5.17. The Balaban J connectivity index is 2.88. The van der Waals surface area contributed by atoms with Crippen LogP contribution < -0.4 is 0 Å². The van der Waals surface area contributed by atoms with Crippen LogP contribution in [0, 0.1) is 10.8 Å². The topological polar surface area (TPSA) is 94.2 Å². The van der Waals surface area contributed by atoms with Gasteiger partial charge in [-0.15, -0.1) is 0 Å². The van der Waals surface area contributed by atoms with Crippen LogP contribution in [0.3, 0.4) is 0 Å². The number of hydrogen-bond acceptors (Lipinski definition) is 4. The zero-order chi connectivity index (χ0) is 14.4. The average Bonchev–Trinajstić information content (AvgIpc) is 2.35. The zero-order valence-corrected chi connectivity index (χ0v) is 11.1. The molecular weight excluding hydrogens is 244 g/mol. The van der Waals surface area contributed by atoms with Crippen molar-refractivity contribution in [2.45, 2.75) is 26.4 Å². The molecule has 0 aromatic heterocycles. The van der Waals surface area contributed by atoms with Crippen molar-refractivity contribution in [3.63, 3.8) is 0 Å². The summed E-state index contributed by atoms with van der Waals surface area (Å²) in [5, 5.41) is 24.2. The predicted molar refractivity (Wildman–Crippen MR) is 73.3 cm³/mol. The molecule has 0 aliphatic rings. The van der Waals surface area contributed by atoms with Crippen LogP contribution in [0.25, 0.3) is 0 Å². The van der Waals surface area contributed by atoms with Crippen LogP contribution in [-0.4, -0.2) is 29.1 Å². The van der Waals surface area contributed by atoms with Crippen molar-refractivity contribution < 1.29 is 14.6 Å². The van der Waals surface area contributed by atoms with Gasteiger partial charge in [0.15, 0.2) is 6.10 Å². The van der Waals surface area contributed by atoms with Gasteiger partial charge in [0, 0.05) is 24.5 Å². The van der Waals surface area contributed by atoms with E-state index in [1.807, 2.05) is 0 Å². The van der Waals surface area contributed by atoms with Crippen LogP contribution in [0.2, 0.25) is 0 Å². The summed E-state index contributed by atoms with van der Waals surface area (Å²) in [4.78, 5) is 11.1. The van der Waals surface area contributed by atoms with E-state index in [4.69, 9.17) is 20.7 Å². The lowest BCUT2D eigenvalue weighted by Crippen LogP contribution is -2.15. The van der Waals surface area contributed by atoms with Crippen molar-refractivity contribution in [2.24, 2.45) is 0 Å². The second kappa shape index (κ2) is 6.80. The maximum atomic E-state index is 11.1. The van der Waals surface area contributed by atoms with E-state index < -0.39 is 12.1 Å². The number of hydrogen-bond donors (Lipinski definition) is 3. The van der Waals surface area contributed by atoms with Crippen molar-refractivity contribution in [2.75, 3.05) is 6.61 Å². The Morgan fingerprint density at radius 1 is 1.32 bits per heavy atom. The monoisotopic (exact) mass is 262 g/mol. The van der Waals surface area contributed by atoms with E-state index in [0.717, 1.165) is 0 Å². The number of aliphatic carboxylic acids is 1. The van der Waals surface area contributed by atoms with E-state index in [-0.39, 0.29) is 0 Å². The number of carboxylic acids is 1. The molecule has 0 saturated heterocycles. The summed E-state index contributed by atoms with van der Waals surface area (Å²) >= 11 is 0. The number of ether oxygens (including phenoxy) is 1. The van der Waals surface area contributed by atoms with Crippen LogP contribution in [0.5, 0.6) is 0 Å². The molecule has 1 unspecified atom stereocenters. The first-order valence-electron chi connectivity index (χ1n) is 6.02. The lowest BCUT2D eigenvalue weighted by Gasteiger charge is -2.13. The molecule has 1 aromatic rings. The Morgan fingerprint density at radius 3 is 2.32 bits per heavy atom. The minimum Gasteiger partial charge on any atom is -0.479 e. The maximum absolute atomic E-state index is 11.1. The fourth-order valence-electron chi connectivity index (χ4n) is 1.70. The van der Waals surface area contributed by atoms with E-state index >= 15 is 0 Å². The maximum Gasteiger partial charge on any atom is 0.337 e. The third-order valence-corrected chi connectivity index (χ3v) is 2.56. The fourth-order valence-corrected chi connectivity index (χ4v) is 1.70. The molecule has 0 heterocycles. The van der Waals surface area contributed by atoms with Gasteiger partial charge in [0.05, 0.1) is 0 Å². The summed E-state index contributed by atoms with van der Waals surface area (Å²) in [5.41, 5.74) is 2.02. The highest BCUT2D eigenvalue weighted by Crippen LogP contribution is 2.19. The van der Waals surface area contributed by atoms with Gasteiger partial charge >= 0.3 is 5.97 Å². The van der Waals surface area contributed by atoms with E-state index in [1.165, 1.54) is 0 Å². The number of benzene rings is 1. The first kappa shape index (κ1) is 15.0. The van der Waals surface area contributed by atoms with E-state index in [1.54, 1.807) is 38.1 Å². The molecule has 0 spiro atoms. The van der Waals surface area contributed by atoms with Gasteiger partial charge in [-0.1, -0.05) is 24.3 Å². The van der Waals surface area contributed by atoms with Gasteiger partial charge in [0.25, 0.3) is 0 Å². The number of carbonyl (C=O) groups is 1. The molecule has 0 fully saturated rings. The Labute approximate surface area is 112 Å². The molecule has 0 saturated carbocycles. The summed E-state index contributed by atoms with van der Waals surface area (Å²) in [6, 6.07) is 6.68. The Hall–Kier alpha value is -2.01. The summed E-state index contributed by atoms with van der Waals surface area (Å²) in [7, 11) is 0. The Bertz CT molecular complexity index is 480. The van der Waals surface area contributed by atoms with Crippen LogP contribution in [0.4, 0.5) is 0 Å². The molecule has 0 amide bonds. The average molecular weight is 262 g/mol.